The third-order valence-corrected chi connectivity index (χ3v) is 5.17. The highest BCUT2D eigenvalue weighted by Gasteiger charge is 2.19. The lowest BCUT2D eigenvalue weighted by Crippen LogP contribution is -2.26. The van der Waals surface area contributed by atoms with Crippen molar-refractivity contribution in [1.82, 2.24) is 9.71 Å². The summed E-state index contributed by atoms with van der Waals surface area (Å²) in [7, 11) is -3.58. The van der Waals surface area contributed by atoms with Gasteiger partial charge in [-0.1, -0.05) is 11.8 Å². The Morgan fingerprint density at radius 2 is 2.10 bits per heavy atom. The molecule has 21 heavy (non-hydrogen) atoms. The molecule has 0 bridgehead atoms. The van der Waals surface area contributed by atoms with Crippen molar-refractivity contribution in [1.29, 1.82) is 0 Å². The van der Waals surface area contributed by atoms with Crippen LogP contribution in [0.25, 0.3) is 0 Å². The maximum absolute atomic E-state index is 12.3. The molecule has 0 saturated carbocycles. The topological polar surface area (TPSA) is 85.1 Å². The quantitative estimate of drug-likeness (QED) is 0.836. The Morgan fingerprint density at radius 1 is 1.38 bits per heavy atom. The standard InChI is InChI=1S/C14H15N3O2S2/c1-11(14-16-9-10-20-14)17-21(18,19)13-6-4-12(5-7-13)3-2-8-15/h4-7,9-11,17H,8,15H2,1H3. The normalized spacial score (nSPS) is 12.5. The first kappa shape index (κ1) is 15.7. The van der Waals surface area contributed by atoms with Crippen LogP contribution in [0.1, 0.15) is 23.5 Å². The highest BCUT2D eigenvalue weighted by Crippen LogP contribution is 2.18. The molecule has 0 aliphatic rings. The summed E-state index contributed by atoms with van der Waals surface area (Å²) < 4.78 is 27.1. The maximum atomic E-state index is 12.3. The van der Waals surface area contributed by atoms with Gasteiger partial charge in [-0.05, 0) is 31.2 Å². The number of nitrogens with two attached hydrogens (primary N) is 1. The molecule has 1 aromatic carbocycles. The fraction of sp³-hybridized carbons (Fsp3) is 0.214. The van der Waals surface area contributed by atoms with Crippen LogP contribution < -0.4 is 10.5 Å². The van der Waals surface area contributed by atoms with Crippen LogP contribution >= 0.6 is 11.3 Å². The molecule has 0 amide bonds. The lowest BCUT2D eigenvalue weighted by Gasteiger charge is -2.11. The van der Waals surface area contributed by atoms with E-state index in [9.17, 15) is 8.42 Å². The summed E-state index contributed by atoms with van der Waals surface area (Å²) in [4.78, 5) is 4.30. The minimum absolute atomic E-state index is 0.198. The van der Waals surface area contributed by atoms with E-state index in [2.05, 4.69) is 21.5 Å². The van der Waals surface area contributed by atoms with Crippen LogP contribution in [-0.2, 0) is 10.0 Å². The Labute approximate surface area is 128 Å². The lowest BCUT2D eigenvalue weighted by molar-refractivity contribution is 0.566. The molecule has 0 saturated heterocycles. The average molecular weight is 321 g/mol. The van der Waals surface area contributed by atoms with Gasteiger partial charge in [0, 0.05) is 17.1 Å². The molecule has 110 valence electrons. The van der Waals surface area contributed by atoms with E-state index in [0.717, 1.165) is 10.6 Å². The van der Waals surface area contributed by atoms with Crippen LogP contribution in [0, 0.1) is 11.8 Å². The van der Waals surface area contributed by atoms with Gasteiger partial charge >= 0.3 is 0 Å². The minimum atomic E-state index is -3.58. The summed E-state index contributed by atoms with van der Waals surface area (Å²) in [5.74, 6) is 5.57. The molecule has 1 heterocycles. The Balaban J connectivity index is 2.16. The third kappa shape index (κ3) is 4.12. The van der Waals surface area contributed by atoms with Crippen molar-refractivity contribution < 1.29 is 8.42 Å². The molecule has 0 aliphatic heterocycles. The number of hydrogen-bond donors (Lipinski definition) is 2. The molecule has 5 nitrogen and oxygen atoms in total. The van der Waals surface area contributed by atoms with Crippen LogP contribution in [-0.4, -0.2) is 19.9 Å². The van der Waals surface area contributed by atoms with Gasteiger partial charge in [0.1, 0.15) is 5.01 Å². The molecule has 0 fully saturated rings. The molecular weight excluding hydrogens is 306 g/mol. The number of thiazole rings is 1. The van der Waals surface area contributed by atoms with Gasteiger partial charge in [0.25, 0.3) is 0 Å². The molecule has 0 radical (unpaired) electrons. The first-order valence-electron chi connectivity index (χ1n) is 6.23. The zero-order valence-corrected chi connectivity index (χ0v) is 13.0. The molecule has 2 aromatic rings. The molecule has 0 spiro atoms. The average Bonchev–Trinajstić information content (AvgIpc) is 2.99. The molecule has 1 unspecified atom stereocenters. The van der Waals surface area contributed by atoms with E-state index in [4.69, 9.17) is 5.73 Å². The number of rotatable bonds is 4. The smallest absolute Gasteiger partial charge is 0.241 e. The van der Waals surface area contributed by atoms with Crippen molar-refractivity contribution >= 4 is 21.4 Å². The number of nitrogens with zero attached hydrogens (tertiary/aromatic N) is 1. The van der Waals surface area contributed by atoms with Crippen molar-refractivity contribution in [3.63, 3.8) is 0 Å². The number of hydrogen-bond acceptors (Lipinski definition) is 5. The predicted molar refractivity (Wildman–Crippen MR) is 83.2 cm³/mol. The fourth-order valence-corrected chi connectivity index (χ4v) is 3.60. The molecule has 0 aliphatic carbocycles. The Kier molecular flexibility index (Phi) is 5.09. The predicted octanol–water partition coefficient (Wildman–Crippen LogP) is 1.49. The Bertz CT molecular complexity index is 742. The largest absolute Gasteiger partial charge is 0.320 e. The van der Waals surface area contributed by atoms with Gasteiger partial charge in [0.05, 0.1) is 17.5 Å². The molecule has 3 N–H and O–H groups in total. The third-order valence-electron chi connectivity index (χ3n) is 2.65. The van der Waals surface area contributed by atoms with E-state index in [1.54, 1.807) is 25.3 Å². The van der Waals surface area contributed by atoms with Crippen LogP contribution in [0.3, 0.4) is 0 Å². The molecule has 2 rings (SSSR count). The molecular formula is C14H15N3O2S2. The highest BCUT2D eigenvalue weighted by atomic mass is 32.2. The number of aromatic nitrogens is 1. The van der Waals surface area contributed by atoms with Gasteiger partial charge < -0.3 is 5.73 Å². The van der Waals surface area contributed by atoms with Gasteiger partial charge in [-0.2, -0.15) is 0 Å². The first-order valence-corrected chi connectivity index (χ1v) is 8.60. The summed E-state index contributed by atoms with van der Waals surface area (Å²) >= 11 is 1.41. The molecule has 7 heteroatoms. The second kappa shape index (κ2) is 6.83. The minimum Gasteiger partial charge on any atom is -0.320 e. The molecule has 1 aromatic heterocycles. The maximum Gasteiger partial charge on any atom is 0.241 e. The number of benzene rings is 1. The fourth-order valence-electron chi connectivity index (χ4n) is 1.67. The van der Waals surface area contributed by atoms with Crippen LogP contribution in [0.2, 0.25) is 0 Å². The monoisotopic (exact) mass is 321 g/mol. The van der Waals surface area contributed by atoms with Crippen molar-refractivity contribution in [3.05, 3.63) is 46.4 Å². The summed E-state index contributed by atoms with van der Waals surface area (Å²) in [6.07, 6.45) is 1.65. The van der Waals surface area contributed by atoms with E-state index in [1.807, 2.05) is 5.38 Å². The lowest BCUT2D eigenvalue weighted by atomic mass is 10.2. The number of nitrogens with one attached hydrogen (secondary N) is 1. The second-order valence-corrected chi connectivity index (χ2v) is 6.88. The van der Waals surface area contributed by atoms with Gasteiger partial charge in [-0.15, -0.1) is 11.3 Å². The Morgan fingerprint density at radius 3 is 2.67 bits per heavy atom. The zero-order valence-electron chi connectivity index (χ0n) is 11.4. The van der Waals surface area contributed by atoms with Crippen LogP contribution in [0.15, 0.2) is 40.7 Å². The van der Waals surface area contributed by atoms with Gasteiger partial charge in [0.15, 0.2) is 0 Å². The second-order valence-electron chi connectivity index (χ2n) is 4.24. The van der Waals surface area contributed by atoms with Crippen LogP contribution in [0.4, 0.5) is 0 Å². The van der Waals surface area contributed by atoms with E-state index in [1.165, 1.54) is 23.5 Å². The summed E-state index contributed by atoms with van der Waals surface area (Å²) in [6, 6.07) is 6.00. The summed E-state index contributed by atoms with van der Waals surface area (Å²) in [5.41, 5.74) is 6.02. The van der Waals surface area contributed by atoms with Crippen molar-refractivity contribution in [2.45, 2.75) is 17.9 Å². The van der Waals surface area contributed by atoms with E-state index in [0.29, 0.717) is 0 Å². The van der Waals surface area contributed by atoms with Crippen LogP contribution in [0.5, 0.6) is 0 Å². The Hall–Kier alpha value is -1.72. The zero-order chi connectivity index (χ0) is 15.3. The first-order chi connectivity index (χ1) is 10.0. The SMILES string of the molecule is CC(NS(=O)(=O)c1ccc(C#CCN)cc1)c1nccs1. The van der Waals surface area contributed by atoms with Gasteiger partial charge in [-0.3, -0.25) is 0 Å². The van der Waals surface area contributed by atoms with Crippen molar-refractivity contribution in [2.24, 2.45) is 5.73 Å². The summed E-state index contributed by atoms with van der Waals surface area (Å²) in [6.45, 7) is 2.03. The van der Waals surface area contributed by atoms with E-state index >= 15 is 0 Å². The van der Waals surface area contributed by atoms with Crippen molar-refractivity contribution in [3.8, 4) is 11.8 Å². The van der Waals surface area contributed by atoms with E-state index < -0.39 is 10.0 Å². The van der Waals surface area contributed by atoms with Gasteiger partial charge in [-0.25, -0.2) is 18.1 Å². The van der Waals surface area contributed by atoms with Crippen molar-refractivity contribution in [2.75, 3.05) is 6.54 Å². The molecule has 1 atom stereocenters. The van der Waals surface area contributed by atoms with Gasteiger partial charge in [0.2, 0.25) is 10.0 Å². The summed E-state index contributed by atoms with van der Waals surface area (Å²) in [5, 5.41) is 2.54. The highest BCUT2D eigenvalue weighted by molar-refractivity contribution is 7.89. The number of sulfonamides is 1. The van der Waals surface area contributed by atoms with E-state index in [-0.39, 0.29) is 17.5 Å².